The lowest BCUT2D eigenvalue weighted by Gasteiger charge is -2.28. The number of carbonyl (C=O) groups excluding carboxylic acids is 2. The Morgan fingerprint density at radius 1 is 0.610 bits per heavy atom. The second-order valence-electron chi connectivity index (χ2n) is 10.4. The van der Waals surface area contributed by atoms with E-state index in [2.05, 4.69) is 65.6 Å². The summed E-state index contributed by atoms with van der Waals surface area (Å²) in [5, 5.41) is 1.64. The molecule has 5 aromatic rings. The molecule has 0 unspecified atom stereocenters. The fourth-order valence-corrected chi connectivity index (χ4v) is 5.34. The molecule has 0 bridgehead atoms. The number of hydrogen-bond donors (Lipinski definition) is 0. The molecule has 2 amide bonds. The van der Waals surface area contributed by atoms with Gasteiger partial charge in [-0.05, 0) is 79.1 Å². The topological polar surface area (TPSA) is 43.9 Å². The van der Waals surface area contributed by atoms with Crippen molar-refractivity contribution < 1.29 is 9.59 Å². The van der Waals surface area contributed by atoms with Crippen molar-refractivity contribution in [1.29, 1.82) is 0 Å². The Morgan fingerprint density at radius 2 is 1.20 bits per heavy atom. The first-order chi connectivity index (χ1) is 20.0. The van der Waals surface area contributed by atoms with E-state index < -0.39 is 0 Å². The van der Waals surface area contributed by atoms with E-state index in [4.69, 9.17) is 0 Å². The van der Waals surface area contributed by atoms with E-state index in [0.717, 1.165) is 39.0 Å². The average Bonchev–Trinajstić information content (AvgIpc) is 3.00. The molecular weight excluding hydrogens is 506 g/mol. The third-order valence-electron chi connectivity index (χ3n) is 7.43. The predicted octanol–water partition coefficient (Wildman–Crippen LogP) is 7.64. The number of benzene rings is 5. The number of hydrogen-bond acceptors (Lipinski definition) is 4. The zero-order chi connectivity index (χ0) is 28.3. The van der Waals surface area contributed by atoms with Gasteiger partial charge in [-0.2, -0.15) is 0 Å². The Morgan fingerprint density at radius 3 is 1.80 bits per heavy atom. The Bertz CT molecular complexity index is 1680. The van der Waals surface area contributed by atoms with E-state index >= 15 is 0 Å². The zero-order valence-electron chi connectivity index (χ0n) is 23.2. The maximum atomic E-state index is 13.3. The molecule has 0 aliphatic carbocycles. The normalized spacial score (nSPS) is 13.0. The molecule has 5 nitrogen and oxygen atoms in total. The van der Waals surface area contributed by atoms with Gasteiger partial charge < -0.3 is 9.80 Å². The van der Waals surface area contributed by atoms with Gasteiger partial charge in [-0.15, -0.1) is 0 Å². The predicted molar refractivity (Wildman–Crippen MR) is 168 cm³/mol. The van der Waals surface area contributed by atoms with Crippen LogP contribution in [-0.4, -0.2) is 48.8 Å². The Labute approximate surface area is 240 Å². The van der Waals surface area contributed by atoms with Gasteiger partial charge in [-0.1, -0.05) is 78.9 Å². The molecule has 5 aromatic carbocycles. The molecule has 0 saturated carbocycles. The number of likely N-dealkylation sites (N-methyl/N-ethyl adjacent to an activating group) is 1. The molecule has 202 valence electrons. The van der Waals surface area contributed by atoms with Crippen LogP contribution < -0.4 is 4.90 Å². The molecule has 41 heavy (non-hydrogen) atoms. The lowest BCUT2D eigenvalue weighted by Crippen LogP contribution is -2.43. The van der Waals surface area contributed by atoms with Crippen molar-refractivity contribution in [2.75, 3.05) is 32.1 Å². The van der Waals surface area contributed by atoms with Crippen molar-refractivity contribution in [1.82, 2.24) is 9.80 Å². The van der Waals surface area contributed by atoms with Crippen LogP contribution in [0.3, 0.4) is 0 Å². The van der Waals surface area contributed by atoms with Gasteiger partial charge >= 0.3 is 0 Å². The van der Waals surface area contributed by atoms with E-state index in [1.807, 2.05) is 85.7 Å². The quantitative estimate of drug-likeness (QED) is 0.151. The standard InChI is InChI=1S/C36H31N3O2/c1-37(2)24-25-38-35(40)32-15-9-14-31-27(20-23-33(34(31)32)36(38)41)19-16-26-17-21-30(22-18-26)39(28-10-5-3-6-11-28)29-12-7-4-8-13-29/h3-23H,24-25H2,1-2H3/b19-16+. The summed E-state index contributed by atoms with van der Waals surface area (Å²) in [7, 11) is 3.87. The number of amides is 2. The smallest absolute Gasteiger partial charge is 0.261 e. The lowest BCUT2D eigenvalue weighted by atomic mass is 9.91. The van der Waals surface area contributed by atoms with E-state index in [0.29, 0.717) is 24.2 Å². The summed E-state index contributed by atoms with van der Waals surface area (Å²) in [6.45, 7) is 0.987. The summed E-state index contributed by atoms with van der Waals surface area (Å²) in [5.74, 6) is -0.457. The molecule has 1 heterocycles. The fraction of sp³-hybridized carbons (Fsp3) is 0.111. The van der Waals surface area contributed by atoms with Gasteiger partial charge in [0.1, 0.15) is 0 Å². The van der Waals surface area contributed by atoms with Crippen LogP contribution in [0.1, 0.15) is 31.8 Å². The van der Waals surface area contributed by atoms with Crippen LogP contribution in [0.25, 0.3) is 22.9 Å². The molecule has 6 rings (SSSR count). The van der Waals surface area contributed by atoms with Crippen LogP contribution in [-0.2, 0) is 0 Å². The molecule has 0 atom stereocenters. The third kappa shape index (κ3) is 5.15. The summed E-state index contributed by atoms with van der Waals surface area (Å²) in [4.78, 5) is 32.1. The summed E-state index contributed by atoms with van der Waals surface area (Å²) in [6.07, 6.45) is 4.12. The lowest BCUT2D eigenvalue weighted by molar-refractivity contribution is 0.0601. The van der Waals surface area contributed by atoms with E-state index in [-0.39, 0.29) is 11.8 Å². The monoisotopic (exact) mass is 537 g/mol. The van der Waals surface area contributed by atoms with Crippen molar-refractivity contribution >= 4 is 51.8 Å². The molecule has 0 N–H and O–H groups in total. The molecule has 5 heteroatoms. The molecule has 0 radical (unpaired) electrons. The van der Waals surface area contributed by atoms with Gasteiger partial charge in [0.2, 0.25) is 0 Å². The molecule has 0 spiro atoms. The Hall–Kier alpha value is -5.00. The van der Waals surface area contributed by atoms with Crippen molar-refractivity contribution in [2.45, 2.75) is 0 Å². The largest absolute Gasteiger partial charge is 0.311 e. The van der Waals surface area contributed by atoms with Crippen LogP contribution in [0.5, 0.6) is 0 Å². The first-order valence-corrected chi connectivity index (χ1v) is 13.8. The van der Waals surface area contributed by atoms with Crippen LogP contribution >= 0.6 is 0 Å². The van der Waals surface area contributed by atoms with Crippen molar-refractivity contribution in [3.05, 3.63) is 138 Å². The molecule has 0 fully saturated rings. The van der Waals surface area contributed by atoms with E-state index in [1.165, 1.54) is 4.90 Å². The van der Waals surface area contributed by atoms with Gasteiger partial charge in [0.15, 0.2) is 0 Å². The Balaban J connectivity index is 1.30. The number of carbonyl (C=O) groups is 2. The number of nitrogens with zero attached hydrogens (tertiary/aromatic N) is 3. The Kier molecular flexibility index (Phi) is 7.19. The van der Waals surface area contributed by atoms with Crippen LogP contribution in [0.4, 0.5) is 17.1 Å². The van der Waals surface area contributed by atoms with Gasteiger partial charge in [0.05, 0.1) is 0 Å². The van der Waals surface area contributed by atoms with Crippen LogP contribution in [0.2, 0.25) is 0 Å². The molecule has 0 saturated heterocycles. The highest BCUT2D eigenvalue weighted by molar-refractivity contribution is 6.26. The fourth-order valence-electron chi connectivity index (χ4n) is 5.34. The summed E-state index contributed by atoms with van der Waals surface area (Å²) in [5.41, 5.74) is 6.43. The molecule has 1 aliphatic rings. The third-order valence-corrected chi connectivity index (χ3v) is 7.43. The van der Waals surface area contributed by atoms with Gasteiger partial charge in [-0.3, -0.25) is 14.5 Å². The van der Waals surface area contributed by atoms with Gasteiger partial charge in [0.25, 0.3) is 11.8 Å². The highest BCUT2D eigenvalue weighted by Crippen LogP contribution is 2.35. The van der Waals surface area contributed by atoms with Gasteiger partial charge in [0, 0.05) is 46.7 Å². The number of anilines is 3. The minimum absolute atomic E-state index is 0.229. The maximum absolute atomic E-state index is 13.3. The van der Waals surface area contributed by atoms with Crippen LogP contribution in [0.15, 0.2) is 115 Å². The van der Waals surface area contributed by atoms with Crippen molar-refractivity contribution in [3.8, 4) is 0 Å². The molecular formula is C36H31N3O2. The minimum atomic E-state index is -0.229. The second kappa shape index (κ2) is 11.2. The first-order valence-electron chi connectivity index (χ1n) is 13.8. The highest BCUT2D eigenvalue weighted by Gasteiger charge is 2.32. The van der Waals surface area contributed by atoms with E-state index in [1.54, 1.807) is 0 Å². The summed E-state index contributed by atoms with van der Waals surface area (Å²) < 4.78 is 0. The second-order valence-corrected chi connectivity index (χ2v) is 10.4. The highest BCUT2D eigenvalue weighted by atomic mass is 16.2. The summed E-state index contributed by atoms with van der Waals surface area (Å²) >= 11 is 0. The van der Waals surface area contributed by atoms with Gasteiger partial charge in [-0.25, -0.2) is 0 Å². The van der Waals surface area contributed by atoms with Crippen LogP contribution in [0, 0.1) is 0 Å². The zero-order valence-corrected chi connectivity index (χ0v) is 23.2. The number of imide groups is 1. The summed E-state index contributed by atoms with van der Waals surface area (Å²) in [6, 6.07) is 38.6. The van der Waals surface area contributed by atoms with E-state index in [9.17, 15) is 9.59 Å². The minimum Gasteiger partial charge on any atom is -0.311 e. The van der Waals surface area contributed by atoms with Crippen molar-refractivity contribution in [3.63, 3.8) is 0 Å². The SMILES string of the molecule is CN(C)CCN1C(=O)c2cccc3c(/C=C/c4ccc(N(c5ccccc5)c5ccccc5)cc4)ccc(c23)C1=O. The number of para-hydroxylation sites is 2. The molecule has 1 aliphatic heterocycles. The van der Waals surface area contributed by atoms with Crippen molar-refractivity contribution in [2.24, 2.45) is 0 Å². The number of rotatable bonds is 8. The molecule has 0 aromatic heterocycles. The first kappa shape index (κ1) is 26.2. The maximum Gasteiger partial charge on any atom is 0.261 e. The average molecular weight is 538 g/mol.